The van der Waals surface area contributed by atoms with E-state index in [0.29, 0.717) is 18.5 Å². The van der Waals surface area contributed by atoms with Crippen LogP contribution in [0, 0.1) is 5.41 Å². The lowest BCUT2D eigenvalue weighted by molar-refractivity contribution is -0.153. The van der Waals surface area contributed by atoms with Crippen LogP contribution in [0.3, 0.4) is 0 Å². The molecule has 2 heterocycles. The SMILES string of the molecule is CC1(C)CC(=O)N(Cc2cc(C(=O)O)ccn2)C(=O)C1. The molecule has 1 aliphatic heterocycles. The third kappa shape index (κ3) is 3.01. The van der Waals surface area contributed by atoms with Crippen LogP contribution in [-0.2, 0) is 16.1 Å². The fourth-order valence-corrected chi connectivity index (χ4v) is 2.25. The van der Waals surface area contributed by atoms with E-state index >= 15 is 0 Å². The van der Waals surface area contributed by atoms with E-state index in [1.54, 1.807) is 0 Å². The van der Waals surface area contributed by atoms with Gasteiger partial charge in [-0.2, -0.15) is 0 Å². The number of rotatable bonds is 3. The van der Waals surface area contributed by atoms with Gasteiger partial charge in [-0.3, -0.25) is 19.5 Å². The molecule has 106 valence electrons. The first kappa shape index (κ1) is 14.2. The second-order valence-corrected chi connectivity index (χ2v) is 5.73. The number of nitrogens with zero attached hydrogens (tertiary/aromatic N) is 2. The number of amides is 2. The van der Waals surface area contributed by atoms with Crippen LogP contribution in [-0.4, -0.2) is 32.8 Å². The van der Waals surface area contributed by atoms with E-state index in [0.717, 1.165) is 4.90 Å². The van der Waals surface area contributed by atoms with Crippen LogP contribution in [0.1, 0.15) is 42.7 Å². The summed E-state index contributed by atoms with van der Waals surface area (Å²) in [6, 6.07) is 2.75. The van der Waals surface area contributed by atoms with E-state index in [9.17, 15) is 14.4 Å². The standard InChI is InChI=1S/C14H16N2O4/c1-14(2)6-11(17)16(12(18)7-14)8-10-5-9(13(19)20)3-4-15-10/h3-5H,6-8H2,1-2H3,(H,19,20). The van der Waals surface area contributed by atoms with E-state index in [2.05, 4.69) is 4.98 Å². The highest BCUT2D eigenvalue weighted by Crippen LogP contribution is 2.32. The average Bonchev–Trinajstić information content (AvgIpc) is 2.33. The highest BCUT2D eigenvalue weighted by molar-refractivity contribution is 5.98. The van der Waals surface area contributed by atoms with Gasteiger partial charge in [0, 0.05) is 19.0 Å². The van der Waals surface area contributed by atoms with E-state index in [1.807, 2.05) is 13.8 Å². The van der Waals surface area contributed by atoms with Gasteiger partial charge in [-0.1, -0.05) is 13.8 Å². The van der Waals surface area contributed by atoms with Crippen molar-refractivity contribution in [1.29, 1.82) is 0 Å². The van der Waals surface area contributed by atoms with Crippen molar-refractivity contribution >= 4 is 17.8 Å². The summed E-state index contributed by atoms with van der Waals surface area (Å²) in [5.74, 6) is -1.55. The highest BCUT2D eigenvalue weighted by Gasteiger charge is 2.37. The topological polar surface area (TPSA) is 87.6 Å². The minimum absolute atomic E-state index is 0.0227. The molecule has 20 heavy (non-hydrogen) atoms. The number of likely N-dealkylation sites (tertiary alicyclic amines) is 1. The Hall–Kier alpha value is -2.24. The predicted molar refractivity (Wildman–Crippen MR) is 69.8 cm³/mol. The Morgan fingerprint density at radius 3 is 2.50 bits per heavy atom. The molecule has 2 rings (SSSR count). The van der Waals surface area contributed by atoms with Crippen molar-refractivity contribution in [3.05, 3.63) is 29.6 Å². The van der Waals surface area contributed by atoms with Gasteiger partial charge in [0.05, 0.1) is 17.8 Å². The molecule has 1 N–H and O–H groups in total. The van der Waals surface area contributed by atoms with Gasteiger partial charge in [0.15, 0.2) is 0 Å². The quantitative estimate of drug-likeness (QED) is 0.844. The van der Waals surface area contributed by atoms with Gasteiger partial charge >= 0.3 is 5.97 Å². The number of carboxylic acid groups (broad SMARTS) is 1. The Morgan fingerprint density at radius 2 is 1.95 bits per heavy atom. The fraction of sp³-hybridized carbons (Fsp3) is 0.429. The molecule has 0 aliphatic carbocycles. The van der Waals surface area contributed by atoms with Crippen LogP contribution < -0.4 is 0 Å². The van der Waals surface area contributed by atoms with Crippen LogP contribution in [0.5, 0.6) is 0 Å². The zero-order valence-corrected chi connectivity index (χ0v) is 11.4. The molecule has 1 aromatic heterocycles. The molecule has 0 aromatic carbocycles. The second-order valence-electron chi connectivity index (χ2n) is 5.73. The van der Waals surface area contributed by atoms with Gasteiger partial charge in [-0.15, -0.1) is 0 Å². The van der Waals surface area contributed by atoms with Crippen molar-refractivity contribution in [2.45, 2.75) is 33.2 Å². The minimum atomic E-state index is -1.06. The van der Waals surface area contributed by atoms with Crippen LogP contribution >= 0.6 is 0 Å². The van der Waals surface area contributed by atoms with Gasteiger partial charge < -0.3 is 5.11 Å². The summed E-state index contributed by atoms with van der Waals surface area (Å²) in [7, 11) is 0. The molecule has 1 aliphatic rings. The van der Waals surface area contributed by atoms with E-state index < -0.39 is 5.97 Å². The molecule has 6 heteroatoms. The van der Waals surface area contributed by atoms with Gasteiger partial charge in [0.1, 0.15) is 0 Å². The van der Waals surface area contributed by atoms with Crippen LogP contribution in [0.4, 0.5) is 0 Å². The Morgan fingerprint density at radius 1 is 1.35 bits per heavy atom. The van der Waals surface area contributed by atoms with Crippen LogP contribution in [0.25, 0.3) is 0 Å². The Labute approximate surface area is 116 Å². The minimum Gasteiger partial charge on any atom is -0.478 e. The average molecular weight is 276 g/mol. The second kappa shape index (κ2) is 5.03. The summed E-state index contributed by atoms with van der Waals surface area (Å²) in [6.07, 6.45) is 1.97. The molecule has 0 radical (unpaired) electrons. The molecular formula is C14H16N2O4. The maximum absolute atomic E-state index is 12.0. The third-order valence-electron chi connectivity index (χ3n) is 3.25. The first-order valence-electron chi connectivity index (χ1n) is 6.30. The van der Waals surface area contributed by atoms with Crippen LogP contribution in [0.2, 0.25) is 0 Å². The zero-order chi connectivity index (χ0) is 14.9. The number of hydrogen-bond acceptors (Lipinski definition) is 4. The molecular weight excluding hydrogens is 260 g/mol. The van der Waals surface area contributed by atoms with E-state index in [1.165, 1.54) is 18.3 Å². The van der Waals surface area contributed by atoms with Crippen molar-refractivity contribution in [2.75, 3.05) is 0 Å². The van der Waals surface area contributed by atoms with Crippen LogP contribution in [0.15, 0.2) is 18.3 Å². The Balaban J connectivity index is 2.18. The van der Waals surface area contributed by atoms with Gasteiger partial charge in [0.25, 0.3) is 0 Å². The zero-order valence-electron chi connectivity index (χ0n) is 11.4. The number of aromatic nitrogens is 1. The summed E-state index contributed by atoms with van der Waals surface area (Å²) < 4.78 is 0. The predicted octanol–water partition coefficient (Wildman–Crippen LogP) is 1.45. The lowest BCUT2D eigenvalue weighted by Gasteiger charge is -2.34. The van der Waals surface area contributed by atoms with Gasteiger partial charge in [-0.25, -0.2) is 4.79 Å². The maximum atomic E-state index is 12.0. The molecule has 1 saturated heterocycles. The van der Waals surface area contributed by atoms with Crippen molar-refractivity contribution in [3.63, 3.8) is 0 Å². The largest absolute Gasteiger partial charge is 0.478 e. The lowest BCUT2D eigenvalue weighted by Crippen LogP contribution is -2.45. The first-order chi connectivity index (χ1) is 9.28. The van der Waals surface area contributed by atoms with Crippen molar-refractivity contribution in [1.82, 2.24) is 9.88 Å². The molecule has 0 spiro atoms. The Kier molecular flexibility index (Phi) is 3.57. The molecule has 2 amide bonds. The molecule has 1 fully saturated rings. The fourth-order valence-electron chi connectivity index (χ4n) is 2.25. The first-order valence-corrected chi connectivity index (χ1v) is 6.30. The number of imide groups is 1. The number of carboxylic acids is 1. The number of piperidine rings is 1. The number of carbonyl (C=O) groups excluding carboxylic acids is 2. The molecule has 0 saturated carbocycles. The maximum Gasteiger partial charge on any atom is 0.335 e. The molecule has 1 aromatic rings. The third-order valence-corrected chi connectivity index (χ3v) is 3.25. The summed E-state index contributed by atoms with van der Waals surface area (Å²) in [5.41, 5.74) is 0.166. The van der Waals surface area contributed by atoms with Gasteiger partial charge in [0.2, 0.25) is 11.8 Å². The van der Waals surface area contributed by atoms with Crippen molar-refractivity contribution in [3.8, 4) is 0 Å². The number of aromatic carboxylic acids is 1. The number of carbonyl (C=O) groups is 3. The van der Waals surface area contributed by atoms with E-state index in [4.69, 9.17) is 5.11 Å². The molecule has 6 nitrogen and oxygen atoms in total. The summed E-state index contributed by atoms with van der Waals surface area (Å²) >= 11 is 0. The monoisotopic (exact) mass is 276 g/mol. The number of hydrogen-bond donors (Lipinski definition) is 1. The molecule has 0 bridgehead atoms. The normalized spacial score (nSPS) is 18.2. The summed E-state index contributed by atoms with van der Waals surface area (Å²) in [5, 5.41) is 8.91. The lowest BCUT2D eigenvalue weighted by atomic mass is 9.82. The Bertz CT molecular complexity index is 560. The molecule has 0 atom stereocenters. The smallest absolute Gasteiger partial charge is 0.335 e. The summed E-state index contributed by atoms with van der Waals surface area (Å²) in [4.78, 5) is 40.1. The number of pyridine rings is 1. The highest BCUT2D eigenvalue weighted by atomic mass is 16.4. The molecule has 0 unspecified atom stereocenters. The van der Waals surface area contributed by atoms with E-state index in [-0.39, 0.29) is 29.3 Å². The van der Waals surface area contributed by atoms with Crippen molar-refractivity contribution in [2.24, 2.45) is 5.41 Å². The van der Waals surface area contributed by atoms with Crippen molar-refractivity contribution < 1.29 is 19.5 Å². The summed E-state index contributed by atoms with van der Waals surface area (Å²) in [6.45, 7) is 3.78. The van der Waals surface area contributed by atoms with Gasteiger partial charge in [-0.05, 0) is 17.5 Å².